The number of nitrogens with zero attached hydrogens (tertiary/aromatic N) is 3. The van der Waals surface area contributed by atoms with Crippen molar-refractivity contribution < 1.29 is 43.2 Å². The number of aliphatic imine (C=N–C) groups is 1. The number of imide groups is 1. The van der Waals surface area contributed by atoms with Crippen LogP contribution in [-0.2, 0) is 57.6 Å². The number of imidazole rings is 1. The first kappa shape index (κ1) is 56.9. The molecule has 2 fully saturated rings. The first-order valence-corrected chi connectivity index (χ1v) is 27.3. The van der Waals surface area contributed by atoms with Crippen LogP contribution < -0.4 is 48.7 Å². The highest BCUT2D eigenvalue weighted by Gasteiger charge is 2.42. The van der Waals surface area contributed by atoms with Crippen molar-refractivity contribution in [3.8, 4) is 0 Å². The number of carbonyl (C=O) groups is 9. The summed E-state index contributed by atoms with van der Waals surface area (Å²) in [5, 5.41) is 20.0. The van der Waals surface area contributed by atoms with E-state index in [4.69, 9.17) is 11.5 Å². The summed E-state index contributed by atoms with van der Waals surface area (Å²) < 4.78 is 0. The number of hydrogen-bond acceptors (Lipinski definition) is 13. The third-order valence-electron chi connectivity index (χ3n) is 12.8. The molecule has 25 heteroatoms. The highest BCUT2D eigenvalue weighted by atomic mass is 33.1. The second kappa shape index (κ2) is 27.8. The van der Waals surface area contributed by atoms with Crippen molar-refractivity contribution in [1.29, 1.82) is 0 Å². The van der Waals surface area contributed by atoms with Crippen molar-refractivity contribution in [1.82, 2.24) is 57.1 Å². The SMILES string of the molecule is CCCC[C@@H]([C@H]1CSSC[C@@H](C(C)=O)NC(=O)[C@H](Cc2c[nH]c3ccccc23)NC(=O)[C@H](CCCN=C(N)N)NC(=O)[C@@H](Cc2ccccc2)NC(=O)[C@H](Cc2cnc[nH]2)NC(=O)[C@@H](C)NC1=O)N1C(=O)CNC1=O. The molecule has 2 saturated heterocycles. The maximum atomic E-state index is 14.7. The molecule has 4 heterocycles. The summed E-state index contributed by atoms with van der Waals surface area (Å²) in [5.41, 5.74) is 13.7. The number of Topliss-reactive ketones (excluding diaryl/α,β-unsaturated/α-hetero) is 1. The molecule has 4 aromatic rings. The van der Waals surface area contributed by atoms with Crippen LogP contribution in [0, 0.1) is 5.92 Å². The van der Waals surface area contributed by atoms with E-state index in [2.05, 4.69) is 57.2 Å². The summed E-state index contributed by atoms with van der Waals surface area (Å²) in [7, 11) is 2.34. The Balaban J connectivity index is 1.40. The van der Waals surface area contributed by atoms with E-state index in [0.717, 1.165) is 26.6 Å². The number of H-pyrrole nitrogens is 2. The van der Waals surface area contributed by atoms with Gasteiger partial charge < -0.3 is 58.7 Å². The second-order valence-corrected chi connectivity index (χ2v) is 21.0. The fourth-order valence-corrected chi connectivity index (χ4v) is 11.3. The van der Waals surface area contributed by atoms with Crippen LogP contribution >= 0.6 is 21.6 Å². The van der Waals surface area contributed by atoms with Crippen LogP contribution in [0.5, 0.6) is 0 Å². The van der Waals surface area contributed by atoms with E-state index < -0.39 is 101 Å². The Labute approximate surface area is 441 Å². The number of nitrogens with two attached hydrogens (primary N) is 2. The molecule has 23 nitrogen and oxygen atoms in total. The van der Waals surface area contributed by atoms with Gasteiger partial charge in [0.25, 0.3) is 0 Å². The van der Waals surface area contributed by atoms with Crippen molar-refractivity contribution in [3.63, 3.8) is 0 Å². The van der Waals surface area contributed by atoms with Crippen LogP contribution in [0.25, 0.3) is 10.9 Å². The minimum Gasteiger partial charge on any atom is -0.370 e. The number of unbranched alkanes of at least 4 members (excludes halogenated alkanes) is 1. The van der Waals surface area contributed by atoms with Gasteiger partial charge >= 0.3 is 6.03 Å². The summed E-state index contributed by atoms with van der Waals surface area (Å²) in [4.78, 5) is 142. The molecule has 2 aromatic carbocycles. The fraction of sp³-hybridized carbons (Fsp3) is 0.460. The molecule has 2 aromatic heterocycles. The van der Waals surface area contributed by atoms with Gasteiger partial charge in [-0.05, 0) is 50.3 Å². The molecule has 0 aliphatic carbocycles. The molecular weight excluding hydrogens is 1000 g/mol. The molecule has 2 aliphatic heterocycles. The maximum absolute atomic E-state index is 14.7. The number of carbonyl (C=O) groups excluding carboxylic acids is 9. The van der Waals surface area contributed by atoms with E-state index >= 15 is 0 Å². The van der Waals surface area contributed by atoms with Crippen LogP contribution in [0.4, 0.5) is 4.79 Å². The van der Waals surface area contributed by atoms with Crippen molar-refractivity contribution in [3.05, 3.63) is 90.1 Å². The molecule has 8 atom stereocenters. The largest absolute Gasteiger partial charge is 0.370 e. The topological polar surface area (TPSA) is 350 Å². The summed E-state index contributed by atoms with van der Waals surface area (Å²) in [6.07, 6.45) is 5.98. The fourth-order valence-electron chi connectivity index (χ4n) is 8.71. The van der Waals surface area contributed by atoms with Gasteiger partial charge in [-0.15, -0.1) is 0 Å². The summed E-state index contributed by atoms with van der Waals surface area (Å²) in [6, 6.07) is 6.89. The Hall–Kier alpha value is -7.41. The highest BCUT2D eigenvalue weighted by Crippen LogP contribution is 2.31. The average Bonchev–Trinajstić information content (AvgIpc) is 4.14. The van der Waals surface area contributed by atoms with E-state index in [9.17, 15) is 43.2 Å². The molecule has 0 saturated carbocycles. The predicted octanol–water partition coefficient (Wildman–Crippen LogP) is 0.612. The van der Waals surface area contributed by atoms with Gasteiger partial charge in [0.2, 0.25) is 41.4 Å². The van der Waals surface area contributed by atoms with Gasteiger partial charge in [0, 0.05) is 66.3 Å². The van der Waals surface area contributed by atoms with Gasteiger partial charge in [-0.2, -0.15) is 0 Å². The Morgan fingerprint density at radius 1 is 0.747 bits per heavy atom. The lowest BCUT2D eigenvalue weighted by Crippen LogP contribution is -2.60. The van der Waals surface area contributed by atoms with E-state index in [1.807, 2.05) is 31.2 Å². The Morgan fingerprint density at radius 2 is 1.39 bits per heavy atom. The number of para-hydroxylation sites is 1. The molecule has 75 heavy (non-hydrogen) atoms. The second-order valence-electron chi connectivity index (χ2n) is 18.4. The van der Waals surface area contributed by atoms with Gasteiger partial charge in [-0.1, -0.05) is 89.9 Å². The van der Waals surface area contributed by atoms with Crippen LogP contribution in [0.3, 0.4) is 0 Å². The number of aromatic nitrogens is 3. The van der Waals surface area contributed by atoms with E-state index in [-0.39, 0.29) is 69.1 Å². The normalized spacial score (nSPS) is 23.5. The monoisotopic (exact) mass is 1070 g/mol. The number of fused-ring (bicyclic) bond motifs is 1. The predicted molar refractivity (Wildman–Crippen MR) is 284 cm³/mol. The van der Waals surface area contributed by atoms with Crippen LogP contribution in [0.1, 0.15) is 69.7 Å². The standard InChI is InChI=1S/C50H66N14O9S2/c1-4-5-17-41(64-42(66)24-56-50(64)73)34-25-74-75-26-40(29(3)65)63-47(71)38(20-31-22-55-35-15-10-9-14-33(31)35)62-45(69)36(16-11-18-54-49(51)52)59-46(70)37(19-30-12-7-6-8-13-30)61-48(72)39(21-32-23-53-27-57-32)60-43(67)28(2)58-44(34)68/h6-10,12-15,22-23,27-28,34,36-41,55H,4-5,11,16-21,24-26H2,1-3H3,(H,53,57)(H,56,73)(H,58,68)(H,59,70)(H,60,67)(H,61,72)(H,62,69)(H,63,71)(H4,51,52,54)/t28-,34-,36+,37-,38+,39+,40+,41+/m1/s1. The van der Waals surface area contributed by atoms with Gasteiger partial charge in [-0.3, -0.25) is 48.2 Å². The zero-order chi connectivity index (χ0) is 54.0. The van der Waals surface area contributed by atoms with Gasteiger partial charge in [-0.25, -0.2) is 9.78 Å². The lowest BCUT2D eigenvalue weighted by Gasteiger charge is -2.32. The van der Waals surface area contributed by atoms with Crippen LogP contribution in [-0.4, -0.2) is 146 Å². The van der Waals surface area contributed by atoms with Gasteiger partial charge in [0.15, 0.2) is 11.7 Å². The third kappa shape index (κ3) is 16.3. The van der Waals surface area contributed by atoms with Gasteiger partial charge in [0.05, 0.1) is 30.9 Å². The lowest BCUT2D eigenvalue weighted by molar-refractivity contribution is -0.136. The first-order valence-electron chi connectivity index (χ1n) is 24.8. The van der Waals surface area contributed by atoms with Crippen molar-refractivity contribution in [2.75, 3.05) is 24.6 Å². The summed E-state index contributed by atoms with van der Waals surface area (Å²) in [6.45, 7) is 4.48. The maximum Gasteiger partial charge on any atom is 0.324 e. The summed E-state index contributed by atoms with van der Waals surface area (Å²) >= 11 is 0. The Morgan fingerprint density at radius 3 is 2.05 bits per heavy atom. The molecule has 402 valence electrons. The van der Waals surface area contributed by atoms with Gasteiger partial charge in [0.1, 0.15) is 30.2 Å². The van der Waals surface area contributed by atoms with E-state index in [0.29, 0.717) is 29.7 Å². The molecule has 0 unspecified atom stereocenters. The average molecular weight is 1070 g/mol. The quantitative estimate of drug-likeness (QED) is 0.0241. The smallest absolute Gasteiger partial charge is 0.324 e. The summed E-state index contributed by atoms with van der Waals surface area (Å²) in [5.74, 6) is -6.67. The number of rotatable bonds is 16. The number of hydrogen-bond donors (Lipinski definition) is 11. The molecule has 0 bridgehead atoms. The van der Waals surface area contributed by atoms with Crippen molar-refractivity contribution >= 4 is 91.6 Å². The van der Waals surface area contributed by atoms with E-state index in [1.54, 1.807) is 36.5 Å². The molecule has 6 rings (SSSR count). The zero-order valence-corrected chi connectivity index (χ0v) is 43.7. The van der Waals surface area contributed by atoms with Crippen LogP contribution in [0.2, 0.25) is 0 Å². The highest BCUT2D eigenvalue weighted by molar-refractivity contribution is 8.76. The number of aromatic amines is 2. The molecule has 0 radical (unpaired) electrons. The number of urea groups is 1. The number of ketones is 1. The zero-order valence-electron chi connectivity index (χ0n) is 42.0. The number of amides is 9. The minimum absolute atomic E-state index is 0.000419. The molecule has 2 aliphatic rings. The Kier molecular flexibility index (Phi) is 21.1. The van der Waals surface area contributed by atoms with Crippen LogP contribution in [0.15, 0.2) is 78.3 Å². The molecule has 13 N–H and O–H groups in total. The number of guanidine groups is 1. The molecule has 0 spiro atoms. The number of nitrogens with one attached hydrogen (secondary N) is 9. The van der Waals surface area contributed by atoms with Crippen molar-refractivity contribution in [2.45, 2.75) is 114 Å². The number of benzene rings is 2. The van der Waals surface area contributed by atoms with E-state index in [1.165, 1.54) is 37.2 Å². The van der Waals surface area contributed by atoms with Crippen molar-refractivity contribution in [2.24, 2.45) is 22.4 Å². The molecular formula is C50H66N14O9S2. The lowest BCUT2D eigenvalue weighted by atomic mass is 9.93. The third-order valence-corrected chi connectivity index (χ3v) is 15.3. The Bertz CT molecular complexity index is 2670. The minimum atomic E-state index is -1.35. The first-order chi connectivity index (χ1) is 36.0. The molecule has 9 amide bonds.